The highest BCUT2D eigenvalue weighted by Crippen LogP contribution is 2.29. The van der Waals surface area contributed by atoms with Crippen molar-refractivity contribution in [3.05, 3.63) is 29.3 Å². The number of nitrogens with zero attached hydrogens (tertiary/aromatic N) is 3. The minimum absolute atomic E-state index is 0.222. The van der Waals surface area contributed by atoms with E-state index in [9.17, 15) is 4.79 Å². The third kappa shape index (κ3) is 2.44. The topological polar surface area (TPSA) is 92.6 Å². The van der Waals surface area contributed by atoms with Gasteiger partial charge in [-0.1, -0.05) is 0 Å². The number of hydrogen-bond acceptors (Lipinski definition) is 7. The van der Waals surface area contributed by atoms with Gasteiger partial charge in [0, 0.05) is 24.6 Å². The molecule has 0 aliphatic carbocycles. The van der Waals surface area contributed by atoms with Gasteiger partial charge in [-0.3, -0.25) is 4.79 Å². The van der Waals surface area contributed by atoms with Crippen LogP contribution >= 0.6 is 11.3 Å². The third-order valence-corrected chi connectivity index (χ3v) is 4.29. The summed E-state index contributed by atoms with van der Waals surface area (Å²) in [5, 5.41) is 16.1. The second-order valence-corrected chi connectivity index (χ2v) is 5.83. The predicted molar refractivity (Wildman–Crippen MR) is 88.0 cm³/mol. The lowest BCUT2D eigenvalue weighted by atomic mass is 10.3. The number of fused-ring (bicyclic) bond motifs is 3. The quantitative estimate of drug-likeness (QED) is 0.629. The van der Waals surface area contributed by atoms with Crippen LogP contribution in [0.15, 0.2) is 23.7 Å². The lowest BCUT2D eigenvalue weighted by Gasteiger charge is -2.09. The number of rotatable bonds is 1. The molecule has 0 saturated carbocycles. The summed E-state index contributed by atoms with van der Waals surface area (Å²) in [6.45, 7) is 0.818. The molecule has 1 aliphatic heterocycles. The summed E-state index contributed by atoms with van der Waals surface area (Å²) in [4.78, 5) is 16.9. The Morgan fingerprint density at radius 3 is 3.22 bits per heavy atom. The van der Waals surface area contributed by atoms with Crippen molar-refractivity contribution in [2.24, 2.45) is 0 Å². The molecule has 8 nitrogen and oxygen atoms in total. The third-order valence-electron chi connectivity index (χ3n) is 3.45. The summed E-state index contributed by atoms with van der Waals surface area (Å²) in [6, 6.07) is 3.74. The highest BCUT2D eigenvalue weighted by atomic mass is 32.1. The fourth-order valence-corrected chi connectivity index (χ4v) is 3.10. The van der Waals surface area contributed by atoms with E-state index >= 15 is 0 Å². The van der Waals surface area contributed by atoms with Crippen LogP contribution in [0.4, 0.5) is 17.3 Å². The summed E-state index contributed by atoms with van der Waals surface area (Å²) in [5.74, 6) is 1.14. The molecule has 118 valence electrons. The molecule has 0 aromatic carbocycles. The molecular formula is C14H14N6O2S. The van der Waals surface area contributed by atoms with Crippen LogP contribution in [-0.2, 0) is 0 Å². The Hall–Kier alpha value is -2.81. The number of carbonyl (C=O) groups is 1. The smallest absolute Gasteiger partial charge is 0.256 e. The highest BCUT2D eigenvalue weighted by molar-refractivity contribution is 7.12. The first-order valence-electron chi connectivity index (χ1n) is 7.07. The second kappa shape index (κ2) is 5.43. The monoisotopic (exact) mass is 330 g/mol. The molecule has 9 heteroatoms. The van der Waals surface area contributed by atoms with E-state index < -0.39 is 0 Å². The number of nitrogens with one attached hydrogen (secondary N) is 3. The van der Waals surface area contributed by atoms with Crippen molar-refractivity contribution in [2.45, 2.75) is 0 Å². The molecule has 0 spiro atoms. The predicted octanol–water partition coefficient (Wildman–Crippen LogP) is 1.70. The summed E-state index contributed by atoms with van der Waals surface area (Å²) >= 11 is 1.49. The largest absolute Gasteiger partial charge is 0.482 e. The van der Waals surface area contributed by atoms with Crippen molar-refractivity contribution in [2.75, 3.05) is 30.8 Å². The normalized spacial score (nSPS) is 14.2. The molecule has 0 radical (unpaired) electrons. The van der Waals surface area contributed by atoms with Crippen LogP contribution in [0.2, 0.25) is 0 Å². The number of anilines is 3. The first kappa shape index (κ1) is 13.8. The minimum atomic E-state index is -0.222. The molecule has 1 amide bonds. The average Bonchev–Trinajstić information content (AvgIpc) is 3.17. The van der Waals surface area contributed by atoms with Crippen LogP contribution in [-0.4, -0.2) is 40.7 Å². The Morgan fingerprint density at radius 1 is 1.43 bits per heavy atom. The van der Waals surface area contributed by atoms with Crippen LogP contribution < -0.4 is 20.7 Å². The second-order valence-electron chi connectivity index (χ2n) is 4.95. The van der Waals surface area contributed by atoms with Crippen LogP contribution in [0, 0.1) is 0 Å². The van der Waals surface area contributed by atoms with Gasteiger partial charge in [0.25, 0.3) is 5.91 Å². The van der Waals surface area contributed by atoms with Crippen molar-refractivity contribution in [1.29, 1.82) is 0 Å². The molecular weight excluding hydrogens is 316 g/mol. The molecule has 3 N–H and O–H groups in total. The van der Waals surface area contributed by atoms with Crippen LogP contribution in [0.25, 0.3) is 5.65 Å². The molecule has 0 fully saturated rings. The Morgan fingerprint density at radius 2 is 2.35 bits per heavy atom. The van der Waals surface area contributed by atoms with E-state index in [1.54, 1.807) is 11.6 Å². The van der Waals surface area contributed by atoms with Gasteiger partial charge in [0.1, 0.15) is 23.8 Å². The molecule has 0 atom stereocenters. The SMILES string of the molecule is CNc1cc2nc3c(cnn13)C(=O)NCCOc1cc(cs1)N2. The van der Waals surface area contributed by atoms with Gasteiger partial charge in [0.05, 0.1) is 18.4 Å². The van der Waals surface area contributed by atoms with Gasteiger partial charge < -0.3 is 20.7 Å². The maximum absolute atomic E-state index is 12.3. The van der Waals surface area contributed by atoms with E-state index in [1.807, 2.05) is 17.5 Å². The number of ether oxygens (including phenoxy) is 1. The molecule has 4 heterocycles. The van der Waals surface area contributed by atoms with Crippen molar-refractivity contribution >= 4 is 40.2 Å². The molecule has 23 heavy (non-hydrogen) atoms. The minimum Gasteiger partial charge on any atom is -0.482 e. The summed E-state index contributed by atoms with van der Waals surface area (Å²) in [7, 11) is 1.80. The van der Waals surface area contributed by atoms with Crippen LogP contribution in [0.5, 0.6) is 5.06 Å². The average molecular weight is 330 g/mol. The summed E-state index contributed by atoms with van der Waals surface area (Å²) < 4.78 is 7.22. The fourth-order valence-electron chi connectivity index (χ4n) is 2.38. The van der Waals surface area contributed by atoms with Gasteiger partial charge in [-0.2, -0.15) is 9.61 Å². The van der Waals surface area contributed by atoms with Gasteiger partial charge >= 0.3 is 0 Å². The molecule has 1 aliphatic rings. The van der Waals surface area contributed by atoms with Crippen molar-refractivity contribution in [3.63, 3.8) is 0 Å². The van der Waals surface area contributed by atoms with Crippen LogP contribution in [0.3, 0.4) is 0 Å². The number of carbonyl (C=O) groups excluding carboxylic acids is 1. The van der Waals surface area contributed by atoms with Gasteiger partial charge in [-0.05, 0) is 0 Å². The molecule has 0 unspecified atom stereocenters. The first-order chi connectivity index (χ1) is 11.2. The van der Waals surface area contributed by atoms with Gasteiger partial charge in [0.15, 0.2) is 10.7 Å². The van der Waals surface area contributed by atoms with E-state index in [2.05, 4.69) is 26.0 Å². The van der Waals surface area contributed by atoms with Crippen molar-refractivity contribution in [1.82, 2.24) is 19.9 Å². The number of hydrogen-bond donors (Lipinski definition) is 3. The Bertz CT molecular complexity index is 887. The van der Waals surface area contributed by atoms with Crippen molar-refractivity contribution in [3.8, 4) is 5.06 Å². The molecule has 3 aromatic rings. The maximum atomic E-state index is 12.3. The molecule has 4 bridgehead atoms. The zero-order valence-electron chi connectivity index (χ0n) is 12.3. The van der Waals surface area contributed by atoms with Gasteiger partial charge in [-0.25, -0.2) is 4.98 Å². The lowest BCUT2D eigenvalue weighted by Crippen LogP contribution is -2.28. The summed E-state index contributed by atoms with van der Waals surface area (Å²) in [5.41, 5.74) is 1.81. The molecule has 0 saturated heterocycles. The zero-order valence-corrected chi connectivity index (χ0v) is 13.1. The molecule has 3 aromatic heterocycles. The van der Waals surface area contributed by atoms with E-state index in [4.69, 9.17) is 4.74 Å². The first-order valence-corrected chi connectivity index (χ1v) is 7.95. The van der Waals surface area contributed by atoms with Gasteiger partial charge in [-0.15, -0.1) is 11.3 Å². The number of amides is 1. The van der Waals surface area contributed by atoms with Gasteiger partial charge in [0.2, 0.25) is 0 Å². The summed E-state index contributed by atoms with van der Waals surface area (Å²) in [6.07, 6.45) is 1.52. The standard InChI is InChI=1S/C14H14N6O2S/c1-15-11-5-10-18-8-4-12(23-7-8)22-3-2-16-14(21)9-6-17-20(11)13(9)19-10/h4-7,15H,2-3H2,1H3,(H,16,21)(H,18,19). The van der Waals surface area contributed by atoms with Crippen LogP contribution in [0.1, 0.15) is 10.4 Å². The van der Waals surface area contributed by atoms with E-state index in [-0.39, 0.29) is 5.91 Å². The van der Waals surface area contributed by atoms with E-state index in [0.29, 0.717) is 30.2 Å². The Labute approximate surface area is 135 Å². The van der Waals surface area contributed by atoms with E-state index in [1.165, 1.54) is 17.5 Å². The number of thiophene rings is 1. The molecule has 4 rings (SSSR count). The Kier molecular flexibility index (Phi) is 3.27. The fraction of sp³-hybridized carbons (Fsp3) is 0.214. The van der Waals surface area contributed by atoms with Crippen molar-refractivity contribution < 1.29 is 9.53 Å². The highest BCUT2D eigenvalue weighted by Gasteiger charge is 2.17. The zero-order chi connectivity index (χ0) is 15.8. The number of aromatic nitrogens is 3. The van der Waals surface area contributed by atoms with E-state index in [0.717, 1.165) is 16.6 Å². The Balaban J connectivity index is 1.88. The maximum Gasteiger partial charge on any atom is 0.256 e. The lowest BCUT2D eigenvalue weighted by molar-refractivity contribution is 0.0949.